The molecule has 0 aromatic heterocycles. The first kappa shape index (κ1) is 26.6. The summed E-state index contributed by atoms with van der Waals surface area (Å²) in [4.78, 5) is 34.1. The molecule has 0 aliphatic carbocycles. The van der Waals surface area contributed by atoms with Crippen molar-refractivity contribution in [3.05, 3.63) is 76.3 Å². The lowest BCUT2D eigenvalue weighted by molar-refractivity contribution is -0.159. The summed E-state index contributed by atoms with van der Waals surface area (Å²) in [5.74, 6) is -3.06. The predicted molar refractivity (Wildman–Crippen MR) is 143 cm³/mol. The monoisotopic (exact) mass is 568 g/mol. The third-order valence-corrected chi connectivity index (χ3v) is 7.66. The first-order valence-corrected chi connectivity index (χ1v) is 12.9. The van der Waals surface area contributed by atoms with Crippen LogP contribution in [0.3, 0.4) is 0 Å². The van der Waals surface area contributed by atoms with E-state index < -0.39 is 11.9 Å². The second-order valence-corrected chi connectivity index (χ2v) is 10.1. The van der Waals surface area contributed by atoms with Gasteiger partial charge in [0.05, 0.1) is 12.7 Å². The van der Waals surface area contributed by atoms with E-state index in [1.165, 1.54) is 18.4 Å². The molecule has 1 amide bonds. The highest BCUT2D eigenvalue weighted by atomic mass is 79.9. The van der Waals surface area contributed by atoms with Gasteiger partial charge in [0.2, 0.25) is 0 Å². The molecule has 0 radical (unpaired) electrons. The zero-order chi connectivity index (χ0) is 26.5. The average Bonchev–Trinajstić information content (AvgIpc) is 3.11. The number of carboxylic acid groups (broad SMARTS) is 2. The Morgan fingerprint density at radius 1 is 0.946 bits per heavy atom. The minimum Gasteiger partial charge on any atom is -0.495 e. The molecule has 3 aromatic rings. The van der Waals surface area contributed by atoms with Gasteiger partial charge in [-0.05, 0) is 42.7 Å². The van der Waals surface area contributed by atoms with Crippen molar-refractivity contribution in [3.8, 4) is 5.75 Å². The number of ether oxygens (including phenoxy) is 1. The molecule has 2 bridgehead atoms. The van der Waals surface area contributed by atoms with E-state index >= 15 is 0 Å². The van der Waals surface area contributed by atoms with E-state index in [-0.39, 0.29) is 11.9 Å². The first-order chi connectivity index (χ1) is 17.8. The molecule has 9 heteroatoms. The molecule has 37 heavy (non-hydrogen) atoms. The summed E-state index contributed by atoms with van der Waals surface area (Å²) in [6.45, 7) is 1.00. The van der Waals surface area contributed by atoms with Crippen molar-refractivity contribution in [2.24, 2.45) is 0 Å². The number of rotatable bonds is 5. The van der Waals surface area contributed by atoms with Crippen LogP contribution in [0.1, 0.15) is 41.6 Å². The Balaban J connectivity index is 0.000000480. The molecular weight excluding hydrogens is 540 g/mol. The zero-order valence-electron chi connectivity index (χ0n) is 20.4. The summed E-state index contributed by atoms with van der Waals surface area (Å²) < 4.78 is 6.58. The molecule has 2 aliphatic rings. The third-order valence-electron chi connectivity index (χ3n) is 7.00. The van der Waals surface area contributed by atoms with Crippen LogP contribution in [0, 0.1) is 0 Å². The highest BCUT2D eigenvalue weighted by Gasteiger charge is 2.41. The lowest BCUT2D eigenvalue weighted by Gasteiger charge is -2.39. The number of piperidine rings is 1. The smallest absolute Gasteiger partial charge is 0.414 e. The highest BCUT2D eigenvalue weighted by Crippen LogP contribution is 2.38. The van der Waals surface area contributed by atoms with Crippen molar-refractivity contribution >= 4 is 44.5 Å². The summed E-state index contributed by atoms with van der Waals surface area (Å²) in [6, 6.07) is 21.9. The Bertz CT molecular complexity index is 1270. The largest absolute Gasteiger partial charge is 0.495 e. The summed E-state index contributed by atoms with van der Waals surface area (Å²) in [5.41, 5.74) is 1.96. The number of hydrogen-bond donors (Lipinski definition) is 3. The number of carbonyl (C=O) groups excluding carboxylic acids is 1. The second-order valence-electron chi connectivity index (χ2n) is 9.28. The molecule has 3 N–H and O–H groups in total. The van der Waals surface area contributed by atoms with Crippen molar-refractivity contribution in [2.75, 3.05) is 7.11 Å². The molecule has 194 valence electrons. The third kappa shape index (κ3) is 6.11. The maximum Gasteiger partial charge on any atom is 0.414 e. The first-order valence-electron chi connectivity index (χ1n) is 12.1. The zero-order valence-corrected chi connectivity index (χ0v) is 22.0. The minimum atomic E-state index is -1.82. The van der Waals surface area contributed by atoms with Gasteiger partial charge in [0.25, 0.3) is 5.91 Å². The van der Waals surface area contributed by atoms with Crippen molar-refractivity contribution in [1.82, 2.24) is 10.2 Å². The number of halogens is 1. The van der Waals surface area contributed by atoms with Crippen molar-refractivity contribution < 1.29 is 29.3 Å². The molecule has 2 saturated heterocycles. The van der Waals surface area contributed by atoms with Gasteiger partial charge < -0.3 is 20.3 Å². The Kier molecular flexibility index (Phi) is 8.45. The van der Waals surface area contributed by atoms with E-state index in [4.69, 9.17) is 24.5 Å². The fourth-order valence-electron chi connectivity index (χ4n) is 5.40. The summed E-state index contributed by atoms with van der Waals surface area (Å²) in [6.07, 6.45) is 4.45. The van der Waals surface area contributed by atoms with Crippen molar-refractivity contribution in [2.45, 2.75) is 50.4 Å². The van der Waals surface area contributed by atoms with Crippen LogP contribution in [0.15, 0.2) is 65.1 Å². The van der Waals surface area contributed by atoms with Gasteiger partial charge in [-0.15, -0.1) is 0 Å². The number of methoxy groups -OCH3 is 1. The maximum absolute atomic E-state index is 13.3. The van der Waals surface area contributed by atoms with Crippen LogP contribution in [0.4, 0.5) is 0 Å². The normalized spacial score (nSPS) is 20.5. The standard InChI is InChI=1S/C26H27BrN2O2.C2H2O4/c1-31-25-22-10-6-5-9-21(22)24(27)15-23(25)26(30)28-18-13-19-11-12-20(14-18)29(19)16-17-7-3-2-4-8-17;3-1(4)2(5)6/h2-10,15,18-20H,11-14,16H2,1H3,(H,28,30);(H,3,4)(H,5,6). The number of hydrogen-bond acceptors (Lipinski definition) is 5. The van der Waals surface area contributed by atoms with E-state index in [9.17, 15) is 4.79 Å². The molecule has 8 nitrogen and oxygen atoms in total. The molecule has 0 saturated carbocycles. The highest BCUT2D eigenvalue weighted by molar-refractivity contribution is 9.10. The van der Waals surface area contributed by atoms with Gasteiger partial charge in [-0.2, -0.15) is 0 Å². The Morgan fingerprint density at radius 3 is 2.08 bits per heavy atom. The van der Waals surface area contributed by atoms with Gasteiger partial charge in [-0.25, -0.2) is 9.59 Å². The number of aliphatic carboxylic acids is 2. The van der Waals surface area contributed by atoms with E-state index in [2.05, 4.69) is 56.5 Å². The van der Waals surface area contributed by atoms with E-state index in [0.29, 0.717) is 23.4 Å². The van der Waals surface area contributed by atoms with Crippen LogP contribution >= 0.6 is 15.9 Å². The van der Waals surface area contributed by atoms with Crippen LogP contribution in [0.2, 0.25) is 0 Å². The summed E-state index contributed by atoms with van der Waals surface area (Å²) in [7, 11) is 1.63. The Morgan fingerprint density at radius 2 is 1.51 bits per heavy atom. The van der Waals surface area contributed by atoms with Crippen molar-refractivity contribution in [3.63, 3.8) is 0 Å². The minimum absolute atomic E-state index is 0.0517. The topological polar surface area (TPSA) is 116 Å². The van der Waals surface area contributed by atoms with Gasteiger partial charge in [0, 0.05) is 34.5 Å². The molecule has 2 atom stereocenters. The lowest BCUT2D eigenvalue weighted by atomic mass is 9.96. The summed E-state index contributed by atoms with van der Waals surface area (Å²) in [5, 5.41) is 20.1. The van der Waals surface area contributed by atoms with E-state index in [1.807, 2.05) is 30.3 Å². The number of benzene rings is 3. The van der Waals surface area contributed by atoms with Crippen LogP contribution in [-0.2, 0) is 16.1 Å². The number of carbonyl (C=O) groups is 3. The molecule has 0 spiro atoms. The second kappa shape index (κ2) is 11.7. The van der Waals surface area contributed by atoms with Gasteiger partial charge in [0.15, 0.2) is 0 Å². The fourth-order valence-corrected chi connectivity index (χ4v) is 5.98. The number of carboxylic acids is 2. The number of fused-ring (bicyclic) bond motifs is 3. The quantitative estimate of drug-likeness (QED) is 0.382. The van der Waals surface area contributed by atoms with Gasteiger partial charge in [0.1, 0.15) is 5.75 Å². The maximum atomic E-state index is 13.3. The number of nitrogens with zero attached hydrogens (tertiary/aromatic N) is 1. The average molecular weight is 569 g/mol. The predicted octanol–water partition coefficient (Wildman–Crippen LogP) is 4.69. The molecule has 5 rings (SSSR count). The molecule has 2 unspecified atom stereocenters. The number of amides is 1. The number of nitrogens with one attached hydrogen (secondary N) is 1. The summed E-state index contributed by atoms with van der Waals surface area (Å²) >= 11 is 3.63. The van der Waals surface area contributed by atoms with E-state index in [1.54, 1.807) is 7.11 Å². The molecule has 3 aromatic carbocycles. The SMILES string of the molecule is COc1c(C(=O)NC2CC3CCC(C2)N3Cc2ccccc2)cc(Br)c2ccccc12.O=C(O)C(=O)O. The Hall–Kier alpha value is -3.43. The van der Waals surface area contributed by atoms with Crippen LogP contribution in [0.5, 0.6) is 5.75 Å². The Labute approximate surface area is 223 Å². The van der Waals surface area contributed by atoms with Crippen LogP contribution in [-0.4, -0.2) is 58.2 Å². The van der Waals surface area contributed by atoms with Gasteiger partial charge in [-0.1, -0.05) is 70.5 Å². The molecular formula is C28H29BrN2O6. The van der Waals surface area contributed by atoms with Crippen LogP contribution < -0.4 is 10.1 Å². The lowest BCUT2D eigenvalue weighted by Crippen LogP contribution is -2.50. The molecule has 2 fully saturated rings. The van der Waals surface area contributed by atoms with E-state index in [0.717, 1.165) is 34.6 Å². The molecule has 2 heterocycles. The van der Waals surface area contributed by atoms with Gasteiger partial charge >= 0.3 is 11.9 Å². The fraction of sp³-hybridized carbons (Fsp3) is 0.321. The van der Waals surface area contributed by atoms with Gasteiger partial charge in [-0.3, -0.25) is 9.69 Å². The molecule has 2 aliphatic heterocycles. The van der Waals surface area contributed by atoms with Crippen LogP contribution in [0.25, 0.3) is 10.8 Å². The van der Waals surface area contributed by atoms with Crippen molar-refractivity contribution in [1.29, 1.82) is 0 Å².